The first kappa shape index (κ1) is 15.6. The smallest absolute Gasteiger partial charge is 0.185 e. The first-order valence-electron chi connectivity index (χ1n) is 6.16. The summed E-state index contributed by atoms with van der Waals surface area (Å²) in [7, 11) is 1.53. The minimum Gasteiger partial charge on any atom is -0.289 e. The van der Waals surface area contributed by atoms with Crippen molar-refractivity contribution in [1.82, 2.24) is 0 Å². The Morgan fingerprint density at radius 3 is 2.43 bits per heavy atom. The summed E-state index contributed by atoms with van der Waals surface area (Å²) in [6.07, 6.45) is 3.20. The summed E-state index contributed by atoms with van der Waals surface area (Å²) >= 11 is 11.8. The predicted octanol–water partition coefficient (Wildman–Crippen LogP) is 4.86. The molecule has 0 aliphatic heterocycles. The molecular weight excluding hydrogens is 309 g/mol. The number of nitrogens with one attached hydrogen (secondary N) is 1. The van der Waals surface area contributed by atoms with Crippen molar-refractivity contribution in [2.24, 2.45) is 0 Å². The molecule has 0 aromatic heterocycles. The number of hydrogen-bond acceptors (Lipinski definition) is 3. The molecule has 21 heavy (non-hydrogen) atoms. The molecule has 0 spiro atoms. The number of hydrogen-bond donors (Lipinski definition) is 1. The van der Waals surface area contributed by atoms with Crippen LogP contribution in [0.5, 0.6) is 0 Å². The zero-order chi connectivity index (χ0) is 15.2. The molecule has 0 saturated heterocycles. The predicted molar refractivity (Wildman–Crippen MR) is 86.9 cm³/mol. The number of allylic oxidation sites excluding steroid dienone is 1. The summed E-state index contributed by atoms with van der Waals surface area (Å²) in [4.78, 5) is 16.8. The maximum Gasteiger partial charge on any atom is 0.185 e. The average Bonchev–Trinajstić information content (AvgIpc) is 2.49. The van der Waals surface area contributed by atoms with Crippen molar-refractivity contribution in [3.8, 4) is 0 Å². The normalized spacial score (nSPS) is 10.8. The van der Waals surface area contributed by atoms with Crippen LogP contribution in [0.1, 0.15) is 15.9 Å². The zero-order valence-corrected chi connectivity index (χ0v) is 12.8. The van der Waals surface area contributed by atoms with Gasteiger partial charge in [0.25, 0.3) is 0 Å². The molecule has 0 amide bonds. The number of benzene rings is 2. The van der Waals surface area contributed by atoms with Crippen molar-refractivity contribution >= 4 is 40.7 Å². The Hall–Kier alpha value is -1.81. The molecule has 0 saturated carbocycles. The van der Waals surface area contributed by atoms with Crippen LogP contribution in [0, 0.1) is 0 Å². The van der Waals surface area contributed by atoms with E-state index in [4.69, 9.17) is 28.0 Å². The number of anilines is 1. The molecule has 0 unspecified atom stereocenters. The highest BCUT2D eigenvalue weighted by molar-refractivity contribution is 6.42. The average molecular weight is 322 g/mol. The molecule has 0 heterocycles. The topological polar surface area (TPSA) is 38.3 Å². The zero-order valence-electron chi connectivity index (χ0n) is 11.3. The lowest BCUT2D eigenvalue weighted by Gasteiger charge is -2.03. The van der Waals surface area contributed by atoms with Crippen LogP contribution in [0.3, 0.4) is 0 Å². The van der Waals surface area contributed by atoms with Gasteiger partial charge in [-0.15, -0.1) is 0 Å². The van der Waals surface area contributed by atoms with Gasteiger partial charge >= 0.3 is 0 Å². The summed E-state index contributed by atoms with van der Waals surface area (Å²) in [5, 5.41) is 0.947. The maximum absolute atomic E-state index is 12.0. The Balaban J connectivity index is 2.09. The van der Waals surface area contributed by atoms with E-state index in [1.807, 2.05) is 0 Å². The highest BCUT2D eigenvalue weighted by atomic mass is 35.5. The fourth-order valence-electron chi connectivity index (χ4n) is 1.70. The van der Waals surface area contributed by atoms with Gasteiger partial charge in [-0.1, -0.05) is 35.3 Å². The van der Waals surface area contributed by atoms with Crippen LogP contribution >= 0.6 is 23.2 Å². The molecule has 2 aromatic carbocycles. The molecule has 0 fully saturated rings. The van der Waals surface area contributed by atoms with E-state index in [0.717, 1.165) is 11.3 Å². The van der Waals surface area contributed by atoms with Crippen LogP contribution in [-0.4, -0.2) is 12.9 Å². The molecule has 3 nitrogen and oxygen atoms in total. The summed E-state index contributed by atoms with van der Waals surface area (Å²) < 4.78 is 0. The van der Waals surface area contributed by atoms with Gasteiger partial charge in [0.2, 0.25) is 0 Å². The monoisotopic (exact) mass is 321 g/mol. The molecule has 108 valence electrons. The van der Waals surface area contributed by atoms with Crippen LogP contribution in [0.4, 0.5) is 5.69 Å². The van der Waals surface area contributed by atoms with E-state index in [0.29, 0.717) is 15.6 Å². The largest absolute Gasteiger partial charge is 0.289 e. The van der Waals surface area contributed by atoms with Crippen LogP contribution in [0.2, 0.25) is 10.0 Å². The Labute approximate surface area is 133 Å². The lowest BCUT2D eigenvalue weighted by molar-refractivity contribution is 0.104. The lowest BCUT2D eigenvalue weighted by atomic mass is 10.1. The van der Waals surface area contributed by atoms with Gasteiger partial charge in [-0.3, -0.25) is 15.1 Å². The molecule has 0 atom stereocenters. The second-order valence-electron chi connectivity index (χ2n) is 4.25. The number of carbonyl (C=O) groups excluding carboxylic acids is 1. The third-order valence-electron chi connectivity index (χ3n) is 2.76. The van der Waals surface area contributed by atoms with E-state index in [9.17, 15) is 4.79 Å². The summed E-state index contributed by atoms with van der Waals surface area (Å²) in [6.45, 7) is 0. The molecule has 0 aliphatic rings. The maximum atomic E-state index is 12.0. The number of rotatable bonds is 5. The fourth-order valence-corrected chi connectivity index (χ4v) is 2.01. The van der Waals surface area contributed by atoms with Crippen molar-refractivity contribution in [1.29, 1.82) is 0 Å². The van der Waals surface area contributed by atoms with Crippen molar-refractivity contribution in [2.75, 3.05) is 12.6 Å². The summed E-state index contributed by atoms with van der Waals surface area (Å²) in [6, 6.07) is 12.2. The van der Waals surface area contributed by atoms with Gasteiger partial charge < -0.3 is 0 Å². The number of carbonyl (C=O) groups is 1. The second-order valence-corrected chi connectivity index (χ2v) is 5.07. The Bertz CT molecular complexity index is 666. The van der Waals surface area contributed by atoms with Gasteiger partial charge in [0.15, 0.2) is 5.78 Å². The van der Waals surface area contributed by atoms with Gasteiger partial charge in [0.05, 0.1) is 22.8 Å². The van der Waals surface area contributed by atoms with Crippen LogP contribution in [-0.2, 0) is 4.84 Å². The van der Waals surface area contributed by atoms with Crippen molar-refractivity contribution in [3.63, 3.8) is 0 Å². The third-order valence-corrected chi connectivity index (χ3v) is 3.50. The molecule has 2 rings (SSSR count). The molecule has 2 aromatic rings. The van der Waals surface area contributed by atoms with E-state index >= 15 is 0 Å². The molecule has 0 aliphatic carbocycles. The van der Waals surface area contributed by atoms with E-state index in [-0.39, 0.29) is 5.78 Å². The van der Waals surface area contributed by atoms with Crippen molar-refractivity contribution in [2.45, 2.75) is 0 Å². The van der Waals surface area contributed by atoms with Gasteiger partial charge in [0, 0.05) is 5.56 Å². The molecule has 1 N–H and O–H groups in total. The Morgan fingerprint density at radius 1 is 1.10 bits per heavy atom. The Morgan fingerprint density at radius 2 is 1.81 bits per heavy atom. The summed E-state index contributed by atoms with van der Waals surface area (Å²) in [5.74, 6) is -0.0926. The van der Waals surface area contributed by atoms with Crippen LogP contribution < -0.4 is 5.48 Å². The van der Waals surface area contributed by atoms with Gasteiger partial charge in [-0.25, -0.2) is 0 Å². The Kier molecular flexibility index (Phi) is 5.39. The van der Waals surface area contributed by atoms with Crippen molar-refractivity contribution < 1.29 is 9.63 Å². The highest BCUT2D eigenvalue weighted by Crippen LogP contribution is 2.23. The second kappa shape index (κ2) is 7.27. The van der Waals surface area contributed by atoms with E-state index in [1.54, 1.807) is 48.5 Å². The van der Waals surface area contributed by atoms with Gasteiger partial charge in [-0.05, 0) is 48.0 Å². The quantitative estimate of drug-likeness (QED) is 0.485. The van der Waals surface area contributed by atoms with Crippen molar-refractivity contribution in [3.05, 3.63) is 69.7 Å². The van der Waals surface area contributed by atoms with E-state index in [1.165, 1.54) is 13.2 Å². The van der Waals surface area contributed by atoms with E-state index < -0.39 is 0 Å². The van der Waals surface area contributed by atoms with Crippen LogP contribution in [0.25, 0.3) is 6.08 Å². The minimum atomic E-state index is -0.0926. The standard InChI is InChI=1S/C16H13Cl2NO2/c1-21-19-13-6-4-12(5-7-13)16(20)9-3-11-2-8-14(17)15(18)10-11/h2-10,19H,1H3/b9-3+. The number of halogens is 2. The fraction of sp³-hybridized carbons (Fsp3) is 0.0625. The molecule has 5 heteroatoms. The van der Waals surface area contributed by atoms with Gasteiger partial charge in [-0.2, -0.15) is 0 Å². The van der Waals surface area contributed by atoms with Gasteiger partial charge in [0.1, 0.15) is 0 Å². The number of ketones is 1. The molecule has 0 bridgehead atoms. The first-order chi connectivity index (χ1) is 10.1. The molecule has 0 radical (unpaired) electrons. The van der Waals surface area contributed by atoms with E-state index in [2.05, 4.69) is 5.48 Å². The highest BCUT2D eigenvalue weighted by Gasteiger charge is 2.02. The first-order valence-corrected chi connectivity index (χ1v) is 6.92. The van der Waals surface area contributed by atoms with Crippen LogP contribution in [0.15, 0.2) is 48.5 Å². The minimum absolute atomic E-state index is 0.0926. The molecular formula is C16H13Cl2NO2. The lowest BCUT2D eigenvalue weighted by Crippen LogP contribution is -1.97. The SMILES string of the molecule is CONc1ccc(C(=O)/C=C/c2ccc(Cl)c(Cl)c2)cc1. The summed E-state index contributed by atoms with van der Waals surface area (Å²) in [5.41, 5.74) is 4.87. The third kappa shape index (κ3) is 4.33.